The van der Waals surface area contributed by atoms with Crippen molar-refractivity contribution in [2.45, 2.75) is 37.9 Å². The number of hydrazine groups is 1. The van der Waals surface area contributed by atoms with Crippen LogP contribution in [-0.4, -0.2) is 43.1 Å². The monoisotopic (exact) mass is 371 g/mol. The number of halogens is 3. The Kier molecular flexibility index (Phi) is 5.98. The predicted octanol–water partition coefficient (Wildman–Crippen LogP) is 1.69. The highest BCUT2D eigenvalue weighted by Gasteiger charge is 2.31. The first kappa shape index (κ1) is 18.9. The average molecular weight is 371 g/mol. The summed E-state index contributed by atoms with van der Waals surface area (Å²) in [6.07, 6.45) is -0.197. The van der Waals surface area contributed by atoms with Crippen molar-refractivity contribution in [2.75, 3.05) is 31.1 Å². The van der Waals surface area contributed by atoms with Gasteiger partial charge in [-0.15, -0.1) is 0 Å². The number of amides is 1. The fraction of sp³-hybridized carbons (Fsp3) is 0.647. The molecule has 2 aliphatic rings. The second-order valence-corrected chi connectivity index (χ2v) is 6.80. The molecule has 1 aromatic rings. The van der Waals surface area contributed by atoms with E-state index >= 15 is 0 Å². The number of nitrogens with zero attached hydrogens (tertiary/aromatic N) is 2. The van der Waals surface area contributed by atoms with Crippen molar-refractivity contribution in [3.63, 3.8) is 0 Å². The zero-order chi connectivity index (χ0) is 18.6. The van der Waals surface area contributed by atoms with Gasteiger partial charge in [0, 0.05) is 44.3 Å². The summed E-state index contributed by atoms with van der Waals surface area (Å²) in [6, 6.07) is 2.85. The van der Waals surface area contributed by atoms with Crippen LogP contribution in [0.4, 0.5) is 19.0 Å². The Bertz CT molecular complexity index is 593. The third-order valence-corrected chi connectivity index (χ3v) is 4.98. The van der Waals surface area contributed by atoms with Crippen molar-refractivity contribution in [2.24, 2.45) is 5.92 Å². The molecule has 144 valence electrons. The van der Waals surface area contributed by atoms with Crippen LogP contribution in [0.25, 0.3) is 0 Å². The number of aromatic nitrogens is 1. The molecule has 0 spiro atoms. The van der Waals surface area contributed by atoms with Gasteiger partial charge >= 0.3 is 6.18 Å². The van der Waals surface area contributed by atoms with Crippen molar-refractivity contribution >= 4 is 11.7 Å². The molecule has 0 saturated carbocycles. The van der Waals surface area contributed by atoms with Crippen molar-refractivity contribution in [1.29, 1.82) is 0 Å². The number of piperidine rings is 1. The summed E-state index contributed by atoms with van der Waals surface area (Å²) in [7, 11) is 0. The lowest BCUT2D eigenvalue weighted by atomic mass is 9.95. The zero-order valence-corrected chi connectivity index (χ0v) is 14.5. The Labute approximate surface area is 150 Å². The molecule has 1 aromatic heterocycles. The van der Waals surface area contributed by atoms with Crippen molar-refractivity contribution < 1.29 is 18.0 Å². The molecular formula is C17H24F3N5O. The number of alkyl halides is 3. The van der Waals surface area contributed by atoms with Crippen molar-refractivity contribution in [1.82, 2.24) is 21.2 Å². The van der Waals surface area contributed by atoms with Crippen LogP contribution in [0.5, 0.6) is 0 Å². The molecule has 1 unspecified atom stereocenters. The maximum Gasteiger partial charge on any atom is 0.417 e. The van der Waals surface area contributed by atoms with Gasteiger partial charge in [-0.05, 0) is 37.8 Å². The Hall–Kier alpha value is -1.87. The number of carbonyl (C=O) groups is 1. The summed E-state index contributed by atoms with van der Waals surface area (Å²) >= 11 is 0. The second-order valence-electron chi connectivity index (χ2n) is 6.80. The summed E-state index contributed by atoms with van der Waals surface area (Å²) in [5.41, 5.74) is 5.48. The molecule has 6 nitrogen and oxygen atoms in total. The van der Waals surface area contributed by atoms with Crippen LogP contribution in [0.1, 0.15) is 31.2 Å². The molecule has 9 heteroatoms. The molecule has 0 aliphatic carbocycles. The lowest BCUT2D eigenvalue weighted by molar-refractivity contribution is -0.137. The highest BCUT2D eigenvalue weighted by molar-refractivity contribution is 5.78. The first-order valence-electron chi connectivity index (χ1n) is 8.98. The van der Waals surface area contributed by atoms with Crippen molar-refractivity contribution in [3.8, 4) is 0 Å². The van der Waals surface area contributed by atoms with Gasteiger partial charge in [-0.2, -0.15) is 13.2 Å². The van der Waals surface area contributed by atoms with E-state index in [0.717, 1.165) is 31.6 Å². The van der Waals surface area contributed by atoms with Crippen LogP contribution in [0, 0.1) is 5.92 Å². The first-order valence-corrected chi connectivity index (χ1v) is 8.98. The molecule has 3 N–H and O–H groups in total. The van der Waals surface area contributed by atoms with E-state index in [1.807, 2.05) is 4.90 Å². The molecule has 0 radical (unpaired) electrons. The van der Waals surface area contributed by atoms with Gasteiger partial charge in [0.05, 0.1) is 5.56 Å². The third-order valence-electron chi connectivity index (χ3n) is 4.98. The summed E-state index contributed by atoms with van der Waals surface area (Å²) in [5.74, 6) is 0.544. The minimum Gasteiger partial charge on any atom is -0.357 e. The number of pyridine rings is 1. The molecule has 1 atom stereocenters. The van der Waals surface area contributed by atoms with E-state index in [1.54, 1.807) is 0 Å². The minimum absolute atomic E-state index is 0.0460. The fourth-order valence-corrected chi connectivity index (χ4v) is 3.38. The molecule has 2 fully saturated rings. The van der Waals surface area contributed by atoms with E-state index in [1.165, 1.54) is 6.07 Å². The number of hydrogen-bond acceptors (Lipinski definition) is 5. The minimum atomic E-state index is -4.37. The van der Waals surface area contributed by atoms with Gasteiger partial charge in [0.2, 0.25) is 5.91 Å². The predicted molar refractivity (Wildman–Crippen MR) is 91.3 cm³/mol. The third kappa shape index (κ3) is 4.85. The van der Waals surface area contributed by atoms with E-state index in [-0.39, 0.29) is 11.8 Å². The maximum atomic E-state index is 12.6. The molecule has 2 aliphatic heterocycles. The molecule has 3 rings (SSSR count). The molecule has 0 aromatic carbocycles. The number of carbonyl (C=O) groups excluding carboxylic acids is 1. The summed E-state index contributed by atoms with van der Waals surface area (Å²) in [6.45, 7) is 2.84. The van der Waals surface area contributed by atoms with Crippen LogP contribution in [0.3, 0.4) is 0 Å². The molecule has 0 bridgehead atoms. The second kappa shape index (κ2) is 8.22. The Morgan fingerprint density at radius 1 is 1.27 bits per heavy atom. The number of rotatable bonds is 5. The first-order chi connectivity index (χ1) is 12.4. The molecular weight excluding hydrogens is 347 g/mol. The Morgan fingerprint density at radius 3 is 2.62 bits per heavy atom. The van der Waals surface area contributed by atoms with Crippen LogP contribution in [0.15, 0.2) is 18.3 Å². The van der Waals surface area contributed by atoms with Gasteiger partial charge in [-0.1, -0.05) is 0 Å². The van der Waals surface area contributed by atoms with E-state index in [9.17, 15) is 18.0 Å². The molecule has 1 amide bonds. The Morgan fingerprint density at radius 2 is 2.04 bits per heavy atom. The number of anilines is 1. The van der Waals surface area contributed by atoms with Gasteiger partial charge in [0.1, 0.15) is 5.82 Å². The lowest BCUT2D eigenvalue weighted by Gasteiger charge is -2.32. The Balaban J connectivity index is 1.42. The van der Waals surface area contributed by atoms with E-state index in [2.05, 4.69) is 21.2 Å². The normalized spacial score (nSPS) is 21.8. The molecule has 26 heavy (non-hydrogen) atoms. The molecule has 2 saturated heterocycles. The van der Waals surface area contributed by atoms with Gasteiger partial charge in [-0.3, -0.25) is 15.6 Å². The van der Waals surface area contributed by atoms with Gasteiger partial charge in [0.15, 0.2) is 0 Å². The highest BCUT2D eigenvalue weighted by atomic mass is 19.4. The topological polar surface area (TPSA) is 69.3 Å². The largest absolute Gasteiger partial charge is 0.417 e. The van der Waals surface area contributed by atoms with Crippen molar-refractivity contribution in [3.05, 3.63) is 23.9 Å². The molecule has 3 heterocycles. The van der Waals surface area contributed by atoms with Gasteiger partial charge in [-0.25, -0.2) is 4.98 Å². The van der Waals surface area contributed by atoms with Crippen LogP contribution in [-0.2, 0) is 11.0 Å². The smallest absolute Gasteiger partial charge is 0.357 e. The zero-order valence-electron chi connectivity index (χ0n) is 14.5. The SMILES string of the molecule is O=C(NCCC1CCNN1)C1CCN(c2ccc(C(F)(F)F)cn2)CC1. The summed E-state index contributed by atoms with van der Waals surface area (Å²) in [5, 5.41) is 2.99. The van der Waals surface area contributed by atoms with E-state index < -0.39 is 11.7 Å². The maximum absolute atomic E-state index is 12.6. The standard InChI is InChI=1S/C17H24F3N5O/c18-17(19,20)13-1-2-15(22-11-13)25-9-5-12(6-10-25)16(26)21-7-3-14-4-8-23-24-14/h1-2,11-12,14,23-24H,3-10H2,(H,21,26). The van der Waals surface area contributed by atoms with Crippen LogP contribution < -0.4 is 21.1 Å². The van der Waals surface area contributed by atoms with Crippen LogP contribution in [0.2, 0.25) is 0 Å². The lowest BCUT2D eigenvalue weighted by Crippen LogP contribution is -2.42. The summed E-state index contributed by atoms with van der Waals surface area (Å²) in [4.78, 5) is 18.1. The highest BCUT2D eigenvalue weighted by Crippen LogP contribution is 2.30. The fourth-order valence-electron chi connectivity index (χ4n) is 3.38. The van der Waals surface area contributed by atoms with Crippen LogP contribution >= 0.6 is 0 Å². The van der Waals surface area contributed by atoms with E-state index in [0.29, 0.717) is 44.3 Å². The number of nitrogens with one attached hydrogen (secondary N) is 3. The quantitative estimate of drug-likeness (QED) is 0.735. The summed E-state index contributed by atoms with van der Waals surface area (Å²) < 4.78 is 37.8. The van der Waals surface area contributed by atoms with Gasteiger partial charge in [0.25, 0.3) is 0 Å². The van der Waals surface area contributed by atoms with E-state index in [4.69, 9.17) is 0 Å². The average Bonchev–Trinajstić information content (AvgIpc) is 3.15. The van der Waals surface area contributed by atoms with Gasteiger partial charge < -0.3 is 10.2 Å². The number of hydrogen-bond donors (Lipinski definition) is 3.